The van der Waals surface area contributed by atoms with E-state index in [0.29, 0.717) is 17.9 Å². The third-order valence-electron chi connectivity index (χ3n) is 3.70. The highest BCUT2D eigenvalue weighted by Gasteiger charge is 2.34. The first-order chi connectivity index (χ1) is 9.66. The number of aliphatic hydroxyl groups excluding tert-OH is 1. The summed E-state index contributed by atoms with van der Waals surface area (Å²) in [6, 6.07) is 11.1. The van der Waals surface area contributed by atoms with Crippen LogP contribution in [0.3, 0.4) is 0 Å². The minimum absolute atomic E-state index is 0.155. The second-order valence-corrected chi connectivity index (χ2v) is 6.82. The number of rotatable bonds is 5. The number of hydrogen-bond donors (Lipinski definition) is 1. The summed E-state index contributed by atoms with van der Waals surface area (Å²) in [5.41, 5.74) is 0.780. The minimum atomic E-state index is -3.41. The Morgan fingerprint density at radius 3 is 2.50 bits per heavy atom. The van der Waals surface area contributed by atoms with E-state index < -0.39 is 10.0 Å². The summed E-state index contributed by atoms with van der Waals surface area (Å²) in [4.78, 5) is 0.410. The molecule has 0 radical (unpaired) electrons. The fraction of sp³-hybridized carbons (Fsp3) is 0.333. The molecular formula is C15H17NO3S. The lowest BCUT2D eigenvalue weighted by Gasteiger charge is -2.18. The summed E-state index contributed by atoms with van der Waals surface area (Å²) in [5.74, 6) is 0. The van der Waals surface area contributed by atoms with Crippen molar-refractivity contribution < 1.29 is 13.5 Å². The molecule has 4 nitrogen and oxygen atoms in total. The van der Waals surface area contributed by atoms with Gasteiger partial charge in [0.2, 0.25) is 0 Å². The Balaban J connectivity index is 2.00. The van der Waals surface area contributed by atoms with Gasteiger partial charge in [0.15, 0.2) is 0 Å². The highest BCUT2D eigenvalue weighted by Crippen LogP contribution is 2.41. The highest BCUT2D eigenvalue weighted by molar-refractivity contribution is 7.93. The zero-order chi connectivity index (χ0) is 14.2. The quantitative estimate of drug-likeness (QED) is 0.861. The summed E-state index contributed by atoms with van der Waals surface area (Å²) in [6.45, 7) is 0.624. The molecule has 0 spiro atoms. The van der Waals surface area contributed by atoms with Crippen LogP contribution in [0.25, 0.3) is 10.8 Å². The Morgan fingerprint density at radius 2 is 1.75 bits per heavy atom. The number of aliphatic hydroxyl groups is 1. The first-order valence-corrected chi connectivity index (χ1v) is 8.25. The third-order valence-corrected chi connectivity index (χ3v) is 5.56. The van der Waals surface area contributed by atoms with E-state index in [1.807, 2.05) is 24.3 Å². The van der Waals surface area contributed by atoms with Crippen LogP contribution < -0.4 is 4.31 Å². The number of unbranched alkanes of at least 4 members (excludes halogenated alkanes) is 2. The first-order valence-electron chi connectivity index (χ1n) is 6.81. The van der Waals surface area contributed by atoms with Gasteiger partial charge >= 0.3 is 0 Å². The lowest BCUT2D eigenvalue weighted by atomic mass is 10.1. The number of anilines is 1. The second-order valence-electron chi connectivity index (χ2n) is 4.99. The van der Waals surface area contributed by atoms with E-state index in [4.69, 9.17) is 5.11 Å². The van der Waals surface area contributed by atoms with Gasteiger partial charge in [-0.25, -0.2) is 8.42 Å². The Morgan fingerprint density at radius 1 is 1.00 bits per heavy atom. The van der Waals surface area contributed by atoms with Gasteiger partial charge in [0.25, 0.3) is 10.0 Å². The smallest absolute Gasteiger partial charge is 0.265 e. The van der Waals surface area contributed by atoms with E-state index in [9.17, 15) is 8.42 Å². The normalized spacial score (nSPS) is 15.9. The van der Waals surface area contributed by atoms with Crippen molar-refractivity contribution in [2.24, 2.45) is 0 Å². The van der Waals surface area contributed by atoms with E-state index >= 15 is 0 Å². The maximum Gasteiger partial charge on any atom is 0.265 e. The molecule has 1 N–H and O–H groups in total. The molecule has 0 aliphatic carbocycles. The van der Waals surface area contributed by atoms with Crippen molar-refractivity contribution in [1.82, 2.24) is 0 Å². The summed E-state index contributed by atoms with van der Waals surface area (Å²) >= 11 is 0. The standard InChI is InChI=1S/C15H17NO3S/c17-11-3-1-2-10-16-13-8-4-6-12-7-5-9-14(15(12)13)20(16,18)19/h4-9,17H,1-3,10-11H2. The van der Waals surface area contributed by atoms with Gasteiger partial charge in [-0.3, -0.25) is 4.31 Å². The predicted molar refractivity (Wildman–Crippen MR) is 79.4 cm³/mol. The van der Waals surface area contributed by atoms with Crippen LogP contribution in [-0.4, -0.2) is 26.7 Å². The molecule has 1 aliphatic heterocycles. The molecule has 0 aromatic heterocycles. The van der Waals surface area contributed by atoms with Gasteiger partial charge in [0, 0.05) is 18.5 Å². The molecule has 2 aromatic carbocycles. The lowest BCUT2D eigenvalue weighted by molar-refractivity contribution is 0.283. The molecule has 0 unspecified atom stereocenters. The Hall–Kier alpha value is -1.59. The van der Waals surface area contributed by atoms with Crippen molar-refractivity contribution in [3.05, 3.63) is 36.4 Å². The van der Waals surface area contributed by atoms with Crippen molar-refractivity contribution in [1.29, 1.82) is 0 Å². The van der Waals surface area contributed by atoms with Crippen LogP contribution in [0.2, 0.25) is 0 Å². The van der Waals surface area contributed by atoms with Gasteiger partial charge in [-0.1, -0.05) is 24.3 Å². The summed E-state index contributed by atoms with van der Waals surface area (Å²) < 4.78 is 26.7. The topological polar surface area (TPSA) is 57.6 Å². The minimum Gasteiger partial charge on any atom is -0.396 e. The Kier molecular flexibility index (Phi) is 3.40. The maximum atomic E-state index is 12.6. The SMILES string of the molecule is O=S1(=O)c2cccc3cccc(c23)N1CCCCCO. The molecule has 1 aliphatic rings. The monoisotopic (exact) mass is 291 g/mol. The molecule has 106 valence electrons. The van der Waals surface area contributed by atoms with E-state index in [-0.39, 0.29) is 6.61 Å². The van der Waals surface area contributed by atoms with E-state index in [0.717, 1.165) is 29.3 Å². The molecule has 0 bridgehead atoms. The summed E-state index contributed by atoms with van der Waals surface area (Å²) in [5, 5.41) is 10.6. The van der Waals surface area contributed by atoms with Crippen LogP contribution in [0.5, 0.6) is 0 Å². The number of sulfonamides is 1. The van der Waals surface area contributed by atoms with Crippen LogP contribution in [0.1, 0.15) is 19.3 Å². The van der Waals surface area contributed by atoms with Crippen LogP contribution in [0.4, 0.5) is 5.69 Å². The van der Waals surface area contributed by atoms with Crippen molar-refractivity contribution >= 4 is 26.5 Å². The van der Waals surface area contributed by atoms with E-state index in [1.165, 1.54) is 4.31 Å². The van der Waals surface area contributed by atoms with E-state index in [1.54, 1.807) is 12.1 Å². The largest absolute Gasteiger partial charge is 0.396 e. The van der Waals surface area contributed by atoms with Crippen LogP contribution >= 0.6 is 0 Å². The van der Waals surface area contributed by atoms with Gasteiger partial charge in [-0.2, -0.15) is 0 Å². The molecule has 20 heavy (non-hydrogen) atoms. The van der Waals surface area contributed by atoms with Crippen LogP contribution in [0.15, 0.2) is 41.3 Å². The molecule has 0 saturated carbocycles. The summed E-state index contributed by atoms with van der Waals surface area (Å²) in [6.07, 6.45) is 2.30. The van der Waals surface area contributed by atoms with Gasteiger partial charge in [0.05, 0.1) is 10.6 Å². The molecule has 0 atom stereocenters. The average molecular weight is 291 g/mol. The lowest BCUT2D eigenvalue weighted by Crippen LogP contribution is -2.28. The average Bonchev–Trinajstić information content (AvgIpc) is 2.67. The van der Waals surface area contributed by atoms with Crippen molar-refractivity contribution in [2.45, 2.75) is 24.2 Å². The predicted octanol–water partition coefficient (Wildman–Crippen LogP) is 2.51. The fourth-order valence-electron chi connectivity index (χ4n) is 2.74. The second kappa shape index (κ2) is 5.07. The Bertz CT molecular complexity index is 735. The fourth-order valence-corrected chi connectivity index (χ4v) is 4.49. The first kappa shape index (κ1) is 13.4. The van der Waals surface area contributed by atoms with Gasteiger partial charge < -0.3 is 5.11 Å². The zero-order valence-corrected chi connectivity index (χ0v) is 11.9. The molecule has 3 rings (SSSR count). The van der Waals surface area contributed by atoms with Crippen molar-refractivity contribution in [3.63, 3.8) is 0 Å². The molecule has 2 aromatic rings. The zero-order valence-electron chi connectivity index (χ0n) is 11.1. The van der Waals surface area contributed by atoms with Gasteiger partial charge in [-0.05, 0) is 36.8 Å². The van der Waals surface area contributed by atoms with Crippen LogP contribution in [-0.2, 0) is 10.0 Å². The molecule has 5 heteroatoms. The van der Waals surface area contributed by atoms with Crippen LogP contribution in [0, 0.1) is 0 Å². The molecule has 0 amide bonds. The Labute approximate surface area is 118 Å². The molecule has 0 fully saturated rings. The van der Waals surface area contributed by atoms with Gasteiger partial charge in [-0.15, -0.1) is 0 Å². The van der Waals surface area contributed by atoms with Crippen molar-refractivity contribution in [2.75, 3.05) is 17.5 Å². The van der Waals surface area contributed by atoms with Crippen molar-refractivity contribution in [3.8, 4) is 0 Å². The molecular weight excluding hydrogens is 274 g/mol. The maximum absolute atomic E-state index is 12.6. The number of hydrogen-bond acceptors (Lipinski definition) is 3. The number of nitrogens with zero attached hydrogens (tertiary/aromatic N) is 1. The summed E-state index contributed by atoms with van der Waals surface area (Å²) in [7, 11) is -3.41. The molecule has 0 saturated heterocycles. The van der Waals surface area contributed by atoms with E-state index in [2.05, 4.69) is 0 Å². The number of benzene rings is 2. The molecule has 1 heterocycles. The third kappa shape index (κ3) is 1.98. The highest BCUT2D eigenvalue weighted by atomic mass is 32.2. The van der Waals surface area contributed by atoms with Gasteiger partial charge in [0.1, 0.15) is 0 Å².